The molecule has 0 aliphatic carbocycles. The van der Waals surface area contributed by atoms with E-state index in [9.17, 15) is 0 Å². The molecule has 0 unspecified atom stereocenters. The van der Waals surface area contributed by atoms with Crippen LogP contribution in [-0.4, -0.2) is 4.98 Å². The van der Waals surface area contributed by atoms with Crippen LogP contribution in [0.25, 0.3) is 0 Å². The fourth-order valence-electron chi connectivity index (χ4n) is 1.04. The van der Waals surface area contributed by atoms with E-state index in [4.69, 9.17) is 5.26 Å². The molecule has 1 aromatic heterocycles. The van der Waals surface area contributed by atoms with Gasteiger partial charge in [0.2, 0.25) is 0 Å². The van der Waals surface area contributed by atoms with Gasteiger partial charge in [-0.25, -0.2) is 4.98 Å². The van der Waals surface area contributed by atoms with Gasteiger partial charge in [-0.05, 0) is 23.6 Å². The quantitative estimate of drug-likeness (QED) is 0.724. The summed E-state index contributed by atoms with van der Waals surface area (Å²) in [6.45, 7) is 2.07. The molecule has 0 amide bonds. The average molecular weight is 225 g/mol. The van der Waals surface area contributed by atoms with Crippen LogP contribution in [0.3, 0.4) is 0 Å². The normalized spacial score (nSPS) is 9.42. The number of nitrogens with zero attached hydrogens (tertiary/aromatic N) is 2. The number of aromatic nitrogens is 1. The van der Waals surface area contributed by atoms with Crippen LogP contribution in [0.15, 0.2) is 12.3 Å². The average Bonchev–Trinajstić information content (AvgIpc) is 2.16. The number of halogens is 1. The minimum absolute atomic E-state index is 0.497. The Morgan fingerprint density at radius 1 is 1.58 bits per heavy atom. The second-order valence-corrected chi connectivity index (χ2v) is 3.00. The van der Waals surface area contributed by atoms with Crippen LogP contribution in [-0.2, 0) is 11.8 Å². The molecule has 0 saturated carbocycles. The SMILES string of the molecule is CCc1cc(C#N)ncc1CBr. The molecule has 1 heterocycles. The van der Waals surface area contributed by atoms with Crippen molar-refractivity contribution in [2.45, 2.75) is 18.7 Å². The van der Waals surface area contributed by atoms with E-state index in [1.165, 1.54) is 5.56 Å². The Morgan fingerprint density at radius 3 is 2.83 bits per heavy atom. The van der Waals surface area contributed by atoms with E-state index in [1.807, 2.05) is 12.1 Å². The lowest BCUT2D eigenvalue weighted by atomic mass is 10.1. The van der Waals surface area contributed by atoms with E-state index in [-0.39, 0.29) is 0 Å². The summed E-state index contributed by atoms with van der Waals surface area (Å²) in [4.78, 5) is 3.99. The number of hydrogen-bond acceptors (Lipinski definition) is 2. The highest BCUT2D eigenvalue weighted by atomic mass is 79.9. The van der Waals surface area contributed by atoms with Crippen LogP contribution in [0.1, 0.15) is 23.7 Å². The highest BCUT2D eigenvalue weighted by molar-refractivity contribution is 9.08. The first kappa shape index (κ1) is 9.21. The predicted octanol–water partition coefficient (Wildman–Crippen LogP) is 2.41. The Bertz CT molecular complexity index is 315. The van der Waals surface area contributed by atoms with Gasteiger partial charge in [0.15, 0.2) is 0 Å². The van der Waals surface area contributed by atoms with Gasteiger partial charge < -0.3 is 0 Å². The second kappa shape index (κ2) is 4.22. The molecule has 0 N–H and O–H groups in total. The molecule has 0 bridgehead atoms. The summed E-state index contributed by atoms with van der Waals surface area (Å²) in [5.74, 6) is 0. The van der Waals surface area contributed by atoms with Crippen LogP contribution in [0.5, 0.6) is 0 Å². The summed E-state index contributed by atoms with van der Waals surface area (Å²) in [5.41, 5.74) is 2.85. The van der Waals surface area contributed by atoms with E-state index >= 15 is 0 Å². The monoisotopic (exact) mass is 224 g/mol. The molecule has 0 aliphatic rings. The van der Waals surface area contributed by atoms with E-state index < -0.39 is 0 Å². The van der Waals surface area contributed by atoms with Crippen molar-refractivity contribution in [3.8, 4) is 6.07 Å². The number of pyridine rings is 1. The van der Waals surface area contributed by atoms with E-state index in [0.29, 0.717) is 5.69 Å². The molecule has 3 heteroatoms. The molecular formula is C9H9BrN2. The molecule has 1 rings (SSSR count). The first-order valence-corrected chi connectivity index (χ1v) is 4.87. The van der Waals surface area contributed by atoms with Crippen molar-refractivity contribution in [1.29, 1.82) is 5.26 Å². The van der Waals surface area contributed by atoms with Crippen molar-refractivity contribution in [3.05, 3.63) is 29.1 Å². The Labute approximate surface area is 80.4 Å². The van der Waals surface area contributed by atoms with Gasteiger partial charge in [0, 0.05) is 11.5 Å². The van der Waals surface area contributed by atoms with Gasteiger partial charge in [-0.1, -0.05) is 22.9 Å². The van der Waals surface area contributed by atoms with Gasteiger partial charge >= 0.3 is 0 Å². The lowest BCUT2D eigenvalue weighted by molar-refractivity contribution is 1.07. The van der Waals surface area contributed by atoms with Crippen molar-refractivity contribution >= 4 is 15.9 Å². The zero-order valence-electron chi connectivity index (χ0n) is 6.84. The summed E-state index contributed by atoms with van der Waals surface area (Å²) in [6.07, 6.45) is 2.70. The highest BCUT2D eigenvalue weighted by Gasteiger charge is 2.01. The Morgan fingerprint density at radius 2 is 2.33 bits per heavy atom. The molecular weight excluding hydrogens is 216 g/mol. The van der Waals surface area contributed by atoms with Crippen LogP contribution >= 0.6 is 15.9 Å². The summed E-state index contributed by atoms with van der Waals surface area (Å²) < 4.78 is 0. The number of nitriles is 1. The molecule has 1 aromatic rings. The Kier molecular flexibility index (Phi) is 3.24. The first-order chi connectivity index (χ1) is 5.81. The molecule has 0 aromatic carbocycles. The summed E-state index contributed by atoms with van der Waals surface area (Å²) in [5, 5.41) is 9.40. The van der Waals surface area contributed by atoms with Crippen molar-refractivity contribution in [1.82, 2.24) is 4.98 Å². The van der Waals surface area contributed by atoms with Gasteiger partial charge in [-0.15, -0.1) is 0 Å². The molecule has 0 spiro atoms. The fraction of sp³-hybridized carbons (Fsp3) is 0.333. The Balaban J connectivity index is 3.13. The van der Waals surface area contributed by atoms with Gasteiger partial charge in [-0.3, -0.25) is 0 Å². The van der Waals surface area contributed by atoms with Crippen molar-refractivity contribution in [3.63, 3.8) is 0 Å². The molecule has 0 radical (unpaired) electrons. The first-order valence-electron chi connectivity index (χ1n) is 3.75. The van der Waals surface area contributed by atoms with Gasteiger partial charge in [0.25, 0.3) is 0 Å². The largest absolute Gasteiger partial charge is 0.245 e. The van der Waals surface area contributed by atoms with Gasteiger partial charge in [0.05, 0.1) is 0 Å². The Hall–Kier alpha value is -0.880. The predicted molar refractivity (Wildman–Crippen MR) is 51.0 cm³/mol. The van der Waals surface area contributed by atoms with Crippen molar-refractivity contribution in [2.24, 2.45) is 0 Å². The second-order valence-electron chi connectivity index (χ2n) is 2.44. The smallest absolute Gasteiger partial charge is 0.140 e. The number of aryl methyl sites for hydroxylation is 1. The van der Waals surface area contributed by atoms with Crippen LogP contribution in [0.2, 0.25) is 0 Å². The summed E-state index contributed by atoms with van der Waals surface area (Å²) in [6, 6.07) is 3.87. The molecule has 2 nitrogen and oxygen atoms in total. The van der Waals surface area contributed by atoms with Gasteiger partial charge in [0.1, 0.15) is 11.8 Å². The number of hydrogen-bond donors (Lipinski definition) is 0. The van der Waals surface area contributed by atoms with Crippen molar-refractivity contribution < 1.29 is 0 Å². The van der Waals surface area contributed by atoms with Crippen LogP contribution < -0.4 is 0 Å². The zero-order chi connectivity index (χ0) is 8.97. The topological polar surface area (TPSA) is 36.7 Å². The third-order valence-electron chi connectivity index (χ3n) is 1.72. The van der Waals surface area contributed by atoms with Crippen LogP contribution in [0.4, 0.5) is 0 Å². The molecule has 0 fully saturated rings. The van der Waals surface area contributed by atoms with Gasteiger partial charge in [-0.2, -0.15) is 5.26 Å². The minimum atomic E-state index is 0.497. The maximum absolute atomic E-state index is 8.60. The maximum Gasteiger partial charge on any atom is 0.140 e. The lowest BCUT2D eigenvalue weighted by Gasteiger charge is -2.02. The zero-order valence-corrected chi connectivity index (χ0v) is 8.43. The molecule has 0 aliphatic heterocycles. The molecule has 12 heavy (non-hydrogen) atoms. The summed E-state index contributed by atoms with van der Waals surface area (Å²) >= 11 is 3.37. The standard InChI is InChI=1S/C9H9BrN2/c1-2-7-3-9(5-11)12-6-8(7)4-10/h3,6H,2,4H2,1H3. The fourth-order valence-corrected chi connectivity index (χ4v) is 1.54. The van der Waals surface area contributed by atoms with E-state index in [0.717, 1.165) is 17.3 Å². The lowest BCUT2D eigenvalue weighted by Crippen LogP contribution is -1.93. The number of alkyl halides is 1. The highest BCUT2D eigenvalue weighted by Crippen LogP contribution is 2.13. The maximum atomic E-state index is 8.60. The number of rotatable bonds is 2. The molecule has 0 saturated heterocycles. The summed E-state index contributed by atoms with van der Waals surface area (Å²) in [7, 11) is 0. The van der Waals surface area contributed by atoms with Crippen molar-refractivity contribution in [2.75, 3.05) is 0 Å². The van der Waals surface area contributed by atoms with E-state index in [1.54, 1.807) is 6.20 Å². The minimum Gasteiger partial charge on any atom is -0.245 e. The van der Waals surface area contributed by atoms with Crippen LogP contribution in [0, 0.1) is 11.3 Å². The van der Waals surface area contributed by atoms with E-state index in [2.05, 4.69) is 27.8 Å². The third kappa shape index (κ3) is 1.83. The third-order valence-corrected chi connectivity index (χ3v) is 2.33. The molecule has 0 atom stereocenters. The molecule has 62 valence electrons.